The molecule has 9 aromatic carbocycles. The lowest BCUT2D eigenvalue weighted by molar-refractivity contribution is 0.557. The molecule has 5 nitrogen and oxygen atoms in total. The summed E-state index contributed by atoms with van der Waals surface area (Å²) < 4.78 is 9.56. The van der Waals surface area contributed by atoms with Crippen LogP contribution < -0.4 is 0 Å². The Morgan fingerprint density at radius 1 is 0.357 bits per heavy atom. The summed E-state index contributed by atoms with van der Waals surface area (Å²) in [5.74, 6) is 1.86. The van der Waals surface area contributed by atoms with Crippen LogP contribution in [-0.4, -0.2) is 19.5 Å². The highest BCUT2D eigenvalue weighted by atomic mass is 16.3. The summed E-state index contributed by atoms with van der Waals surface area (Å²) in [7, 11) is 0. The number of hydrogen-bond acceptors (Lipinski definition) is 4. The largest absolute Gasteiger partial charge is 0.455 e. The first-order chi connectivity index (χ1) is 34.0. The maximum absolute atomic E-state index is 7.23. The van der Waals surface area contributed by atoms with Gasteiger partial charge >= 0.3 is 0 Å². The number of hydrogen-bond donors (Lipinski definition) is 0. The van der Waals surface area contributed by atoms with E-state index in [2.05, 4.69) is 234 Å². The van der Waals surface area contributed by atoms with Crippen molar-refractivity contribution in [1.29, 1.82) is 0 Å². The Kier molecular flexibility index (Phi) is 10.2. The van der Waals surface area contributed by atoms with Crippen LogP contribution >= 0.6 is 0 Å². The molecule has 338 valence electrons. The zero-order valence-electron chi connectivity index (χ0n) is 40.3. The van der Waals surface area contributed by atoms with Crippen molar-refractivity contribution >= 4 is 43.7 Å². The van der Waals surface area contributed by atoms with Crippen molar-refractivity contribution in [1.82, 2.24) is 19.5 Å². The zero-order valence-corrected chi connectivity index (χ0v) is 40.3. The van der Waals surface area contributed by atoms with E-state index in [4.69, 9.17) is 19.4 Å². The van der Waals surface area contributed by atoms with Gasteiger partial charge in [-0.15, -0.1) is 0 Å². The van der Waals surface area contributed by atoms with Gasteiger partial charge in [-0.05, 0) is 93.2 Å². The molecule has 0 unspecified atom stereocenters. The molecule has 0 radical (unpaired) electrons. The molecule has 3 heterocycles. The molecule has 0 N–H and O–H groups in total. The monoisotopic (exact) mass is 904 g/mol. The van der Waals surface area contributed by atoms with Gasteiger partial charge in [-0.3, -0.25) is 0 Å². The quantitative estimate of drug-likeness (QED) is 0.160. The van der Waals surface area contributed by atoms with Gasteiger partial charge in [-0.1, -0.05) is 193 Å². The maximum atomic E-state index is 7.23. The highest BCUT2D eigenvalue weighted by Crippen LogP contribution is 2.50. The Morgan fingerprint density at radius 3 is 1.46 bits per heavy atom. The van der Waals surface area contributed by atoms with Crippen LogP contribution in [0.1, 0.15) is 52.7 Å². The molecule has 0 atom stereocenters. The third kappa shape index (κ3) is 7.46. The standard InChI is InChI=1S/C65H52N4O/c1-64(2,3)53-39-47(41-21-11-7-12-22-41)38-52-58-57(43-23-13-8-14-24-43)50(40-54(65(4,5)6)60(58)70-59(52)53)42-31-33-45(34-32-42)62-66-61(44-25-15-9-16-26-44)67-63(68-62)46-35-36-56-51(37-46)49-29-19-20-30-55(49)69(56)48-27-17-10-18-28-48/h7-40H,1-6H3. The maximum Gasteiger partial charge on any atom is 0.164 e. The molecule has 12 aromatic rings. The molecule has 0 saturated heterocycles. The van der Waals surface area contributed by atoms with Gasteiger partial charge < -0.3 is 8.98 Å². The minimum atomic E-state index is -0.227. The molecule has 12 rings (SSSR count). The number of rotatable bonds is 7. The number of furan rings is 1. The number of nitrogens with zero attached hydrogens (tertiary/aromatic N) is 4. The van der Waals surface area contributed by atoms with E-state index in [1.165, 1.54) is 22.1 Å². The van der Waals surface area contributed by atoms with Crippen molar-refractivity contribution in [3.8, 4) is 73.2 Å². The molecule has 0 saturated carbocycles. The molecule has 70 heavy (non-hydrogen) atoms. The molecule has 5 heteroatoms. The van der Waals surface area contributed by atoms with Crippen LogP contribution in [0.15, 0.2) is 211 Å². The summed E-state index contributed by atoms with van der Waals surface area (Å²) in [5, 5.41) is 4.57. The average molecular weight is 905 g/mol. The van der Waals surface area contributed by atoms with E-state index < -0.39 is 0 Å². The first kappa shape index (κ1) is 42.9. The van der Waals surface area contributed by atoms with Gasteiger partial charge in [0.2, 0.25) is 0 Å². The molecule has 0 spiro atoms. The third-order valence-corrected chi connectivity index (χ3v) is 13.7. The number of para-hydroxylation sites is 2. The van der Waals surface area contributed by atoms with Gasteiger partial charge in [0, 0.05) is 60.6 Å². The fourth-order valence-corrected chi connectivity index (χ4v) is 10.2. The minimum absolute atomic E-state index is 0.171. The second-order valence-corrected chi connectivity index (χ2v) is 20.5. The third-order valence-electron chi connectivity index (χ3n) is 13.7. The fourth-order valence-electron chi connectivity index (χ4n) is 10.2. The minimum Gasteiger partial charge on any atom is -0.455 e. The first-order valence-corrected chi connectivity index (χ1v) is 24.2. The van der Waals surface area contributed by atoms with Crippen molar-refractivity contribution in [3.05, 3.63) is 217 Å². The lowest BCUT2D eigenvalue weighted by Gasteiger charge is -2.23. The molecular formula is C65H52N4O. The van der Waals surface area contributed by atoms with E-state index in [1.54, 1.807) is 0 Å². The molecular weight excluding hydrogens is 853 g/mol. The van der Waals surface area contributed by atoms with Gasteiger partial charge in [-0.25, -0.2) is 15.0 Å². The lowest BCUT2D eigenvalue weighted by Crippen LogP contribution is -2.12. The van der Waals surface area contributed by atoms with Crippen LogP contribution in [0.3, 0.4) is 0 Å². The van der Waals surface area contributed by atoms with Crippen molar-refractivity contribution < 1.29 is 4.42 Å². The average Bonchev–Trinajstić information content (AvgIpc) is 3.94. The Balaban J connectivity index is 1.05. The molecule has 3 aromatic heterocycles. The van der Waals surface area contributed by atoms with Crippen LogP contribution in [0.2, 0.25) is 0 Å². The van der Waals surface area contributed by atoms with Crippen LogP contribution in [0.4, 0.5) is 0 Å². The summed E-state index contributed by atoms with van der Waals surface area (Å²) in [6.07, 6.45) is 0. The van der Waals surface area contributed by atoms with Crippen LogP contribution in [0.25, 0.3) is 117 Å². The highest BCUT2D eigenvalue weighted by molar-refractivity contribution is 6.18. The Labute approximate surface area is 408 Å². The van der Waals surface area contributed by atoms with Crippen molar-refractivity contribution in [2.75, 3.05) is 0 Å². The Bertz CT molecular complexity index is 3910. The van der Waals surface area contributed by atoms with Gasteiger partial charge in [0.25, 0.3) is 0 Å². The topological polar surface area (TPSA) is 56.7 Å². The summed E-state index contributed by atoms with van der Waals surface area (Å²) in [5.41, 5.74) is 16.9. The summed E-state index contributed by atoms with van der Waals surface area (Å²) in [6.45, 7) is 13.7. The molecule has 0 aliphatic heterocycles. The summed E-state index contributed by atoms with van der Waals surface area (Å²) in [4.78, 5) is 15.6. The molecule has 0 aliphatic rings. The zero-order chi connectivity index (χ0) is 47.7. The van der Waals surface area contributed by atoms with Crippen LogP contribution in [0.5, 0.6) is 0 Å². The summed E-state index contributed by atoms with van der Waals surface area (Å²) >= 11 is 0. The molecule has 0 amide bonds. The van der Waals surface area contributed by atoms with Gasteiger partial charge in [-0.2, -0.15) is 0 Å². The number of benzene rings is 9. The lowest BCUT2D eigenvalue weighted by atomic mass is 9.80. The van der Waals surface area contributed by atoms with Crippen molar-refractivity contribution in [3.63, 3.8) is 0 Å². The Hall–Kier alpha value is -8.41. The van der Waals surface area contributed by atoms with Crippen molar-refractivity contribution in [2.24, 2.45) is 0 Å². The normalized spacial score (nSPS) is 12.1. The molecule has 0 aliphatic carbocycles. The second-order valence-electron chi connectivity index (χ2n) is 20.5. The van der Waals surface area contributed by atoms with E-state index in [-0.39, 0.29) is 10.8 Å². The van der Waals surface area contributed by atoms with Crippen molar-refractivity contribution in [2.45, 2.75) is 52.4 Å². The van der Waals surface area contributed by atoms with E-state index in [0.29, 0.717) is 17.5 Å². The van der Waals surface area contributed by atoms with E-state index in [1.807, 2.05) is 18.2 Å². The van der Waals surface area contributed by atoms with Crippen LogP contribution in [-0.2, 0) is 10.8 Å². The van der Waals surface area contributed by atoms with Gasteiger partial charge in [0.1, 0.15) is 11.2 Å². The SMILES string of the molecule is CC(C)(C)c1cc(-c2ccccc2)cc2c1oc1c(C(C)(C)C)cc(-c3ccc(-c4nc(-c5ccccc5)nc(-c5ccc6c(c5)c5ccccc5n6-c5ccccc5)n4)cc3)c(-c3ccccc3)c12. The van der Waals surface area contributed by atoms with E-state index >= 15 is 0 Å². The predicted octanol–water partition coefficient (Wildman–Crippen LogP) is 17.5. The smallest absolute Gasteiger partial charge is 0.164 e. The van der Waals surface area contributed by atoms with E-state index in [9.17, 15) is 0 Å². The number of aromatic nitrogens is 4. The Morgan fingerprint density at radius 2 is 0.829 bits per heavy atom. The van der Waals surface area contributed by atoms with E-state index in [0.717, 1.165) is 88.6 Å². The van der Waals surface area contributed by atoms with Gasteiger partial charge in [0.15, 0.2) is 17.5 Å². The second kappa shape index (κ2) is 16.7. The van der Waals surface area contributed by atoms with Crippen LogP contribution in [0, 0.1) is 0 Å². The predicted molar refractivity (Wildman–Crippen MR) is 291 cm³/mol. The fraction of sp³-hybridized carbons (Fsp3) is 0.123. The molecule has 0 fully saturated rings. The van der Waals surface area contributed by atoms with Gasteiger partial charge in [0.05, 0.1) is 11.0 Å². The molecule has 0 bridgehead atoms. The first-order valence-electron chi connectivity index (χ1n) is 24.2. The highest BCUT2D eigenvalue weighted by Gasteiger charge is 2.30. The summed E-state index contributed by atoms with van der Waals surface area (Å²) in [6, 6.07) is 73.2. The number of fused-ring (bicyclic) bond motifs is 6.